The molecule has 0 aliphatic carbocycles. The molecule has 4 nitrogen and oxygen atoms in total. The minimum atomic E-state index is -0.778. The number of hydrogen-bond donors (Lipinski definition) is 1. The van der Waals surface area contributed by atoms with Crippen LogP contribution in [0.3, 0.4) is 0 Å². The number of nitrogens with zero attached hydrogens (tertiary/aromatic N) is 1. The van der Waals surface area contributed by atoms with Crippen molar-refractivity contribution in [1.82, 2.24) is 4.90 Å². The Kier molecular flexibility index (Phi) is 5.15. The lowest BCUT2D eigenvalue weighted by atomic mass is 9.95. The lowest BCUT2D eigenvalue weighted by Gasteiger charge is -2.36. The summed E-state index contributed by atoms with van der Waals surface area (Å²) in [5.41, 5.74) is 2.02. The van der Waals surface area contributed by atoms with Gasteiger partial charge in [-0.1, -0.05) is 31.2 Å². The Morgan fingerprint density at radius 1 is 1.40 bits per heavy atom. The Morgan fingerprint density at radius 3 is 2.75 bits per heavy atom. The first-order valence-corrected chi connectivity index (χ1v) is 7.14. The summed E-state index contributed by atoms with van der Waals surface area (Å²) in [5.74, 6) is -0.190. The number of piperidine rings is 1. The smallest absolute Gasteiger partial charge is 0.307 e. The van der Waals surface area contributed by atoms with Crippen molar-refractivity contribution in [1.29, 1.82) is 0 Å². The molecule has 1 fully saturated rings. The first kappa shape index (κ1) is 15.0. The number of likely N-dealkylation sites (tertiary alicyclic amines) is 1. The van der Waals surface area contributed by atoms with E-state index in [1.165, 1.54) is 0 Å². The monoisotopic (exact) mass is 277 g/mol. The molecule has 4 heteroatoms. The van der Waals surface area contributed by atoms with Crippen LogP contribution in [0.25, 0.3) is 0 Å². The van der Waals surface area contributed by atoms with Gasteiger partial charge in [0.25, 0.3) is 0 Å². The fourth-order valence-corrected chi connectivity index (χ4v) is 2.84. The Morgan fingerprint density at radius 2 is 2.10 bits per heavy atom. The van der Waals surface area contributed by atoms with Crippen molar-refractivity contribution >= 4 is 5.97 Å². The lowest BCUT2D eigenvalue weighted by molar-refractivity contribution is -0.136. The molecule has 2 rings (SSSR count). The molecular formula is C16H23NO3. The summed E-state index contributed by atoms with van der Waals surface area (Å²) in [6, 6.07) is 7.81. The molecular weight excluding hydrogens is 254 g/mol. The molecule has 1 aromatic carbocycles. The summed E-state index contributed by atoms with van der Waals surface area (Å²) < 4.78 is 5.53. The van der Waals surface area contributed by atoms with E-state index in [0.717, 1.165) is 37.2 Å². The van der Waals surface area contributed by atoms with Crippen LogP contribution in [0.2, 0.25) is 0 Å². The minimum absolute atomic E-state index is 0.0914. The summed E-state index contributed by atoms with van der Waals surface area (Å²) in [6.45, 7) is 4.99. The van der Waals surface area contributed by atoms with Crippen molar-refractivity contribution in [3.63, 3.8) is 0 Å². The number of benzene rings is 1. The Balaban J connectivity index is 2.04. The van der Waals surface area contributed by atoms with Gasteiger partial charge in [-0.2, -0.15) is 0 Å². The highest BCUT2D eigenvalue weighted by molar-refractivity contribution is 5.70. The van der Waals surface area contributed by atoms with Gasteiger partial charge in [0.2, 0.25) is 0 Å². The van der Waals surface area contributed by atoms with Crippen LogP contribution in [-0.4, -0.2) is 42.3 Å². The molecule has 2 atom stereocenters. The van der Waals surface area contributed by atoms with Crippen molar-refractivity contribution in [2.45, 2.75) is 32.4 Å². The fourth-order valence-electron chi connectivity index (χ4n) is 2.84. The molecule has 1 aromatic rings. The molecule has 1 aliphatic heterocycles. The lowest BCUT2D eigenvalue weighted by Crippen LogP contribution is -2.43. The van der Waals surface area contributed by atoms with Crippen molar-refractivity contribution in [3.05, 3.63) is 35.4 Å². The van der Waals surface area contributed by atoms with E-state index in [-0.39, 0.29) is 12.5 Å². The highest BCUT2D eigenvalue weighted by Gasteiger charge is 2.26. The molecule has 0 amide bonds. The van der Waals surface area contributed by atoms with Gasteiger partial charge in [0.05, 0.1) is 12.5 Å². The van der Waals surface area contributed by atoms with E-state index in [4.69, 9.17) is 9.84 Å². The number of carboxylic acids is 1. The number of carboxylic acid groups (broad SMARTS) is 1. The number of methoxy groups -OCH3 is 1. The molecule has 1 N–H and O–H groups in total. The topological polar surface area (TPSA) is 49.8 Å². The van der Waals surface area contributed by atoms with Crippen molar-refractivity contribution in [2.24, 2.45) is 5.92 Å². The van der Waals surface area contributed by atoms with Gasteiger partial charge >= 0.3 is 5.97 Å². The van der Waals surface area contributed by atoms with E-state index in [0.29, 0.717) is 5.92 Å². The molecule has 1 aliphatic rings. The number of hydrogen-bond acceptors (Lipinski definition) is 3. The van der Waals surface area contributed by atoms with Crippen molar-refractivity contribution < 1.29 is 14.6 Å². The van der Waals surface area contributed by atoms with Gasteiger partial charge in [-0.15, -0.1) is 0 Å². The normalized spacial score (nSPS) is 23.7. The van der Waals surface area contributed by atoms with Gasteiger partial charge < -0.3 is 9.84 Å². The van der Waals surface area contributed by atoms with E-state index in [9.17, 15) is 4.79 Å². The summed E-state index contributed by atoms with van der Waals surface area (Å²) >= 11 is 0. The molecule has 1 heterocycles. The first-order valence-electron chi connectivity index (χ1n) is 7.14. The highest BCUT2D eigenvalue weighted by atomic mass is 16.5. The predicted octanol–water partition coefficient (Wildman–Crippen LogP) is 2.17. The molecule has 0 bridgehead atoms. The van der Waals surface area contributed by atoms with Gasteiger partial charge in [-0.25, -0.2) is 0 Å². The predicted molar refractivity (Wildman–Crippen MR) is 77.6 cm³/mol. The maximum Gasteiger partial charge on any atom is 0.307 e. The second-order valence-corrected chi connectivity index (χ2v) is 5.61. The van der Waals surface area contributed by atoms with Crippen LogP contribution in [0.1, 0.15) is 24.5 Å². The van der Waals surface area contributed by atoms with Crippen LogP contribution in [0.15, 0.2) is 24.3 Å². The minimum Gasteiger partial charge on any atom is -0.481 e. The Hall–Kier alpha value is -1.39. The third kappa shape index (κ3) is 3.81. The third-order valence-electron chi connectivity index (χ3n) is 4.13. The molecule has 2 unspecified atom stereocenters. The van der Waals surface area contributed by atoms with E-state index < -0.39 is 5.97 Å². The maximum absolute atomic E-state index is 10.9. The molecule has 0 aromatic heterocycles. The summed E-state index contributed by atoms with van der Waals surface area (Å²) in [6.07, 6.45) is 1.49. The van der Waals surface area contributed by atoms with Gasteiger partial charge in [0, 0.05) is 20.2 Å². The first-order chi connectivity index (χ1) is 9.60. The Labute approximate surface area is 120 Å². The van der Waals surface area contributed by atoms with Crippen LogP contribution in [0.5, 0.6) is 0 Å². The van der Waals surface area contributed by atoms with Crippen molar-refractivity contribution in [3.8, 4) is 0 Å². The highest BCUT2D eigenvalue weighted by Crippen LogP contribution is 2.22. The third-order valence-corrected chi connectivity index (χ3v) is 4.13. The second-order valence-electron chi connectivity index (χ2n) is 5.61. The average Bonchev–Trinajstić information content (AvgIpc) is 2.42. The standard InChI is InChI=1S/C16H23NO3/c1-12-7-8-17(11-15(12)20-2)10-14-6-4-3-5-13(14)9-16(18)19/h3-6,12,15H,7-11H2,1-2H3,(H,18,19). The molecule has 0 saturated carbocycles. The number of aliphatic carboxylic acids is 1. The quantitative estimate of drug-likeness (QED) is 0.896. The van der Waals surface area contributed by atoms with E-state index in [1.54, 1.807) is 7.11 Å². The fraction of sp³-hybridized carbons (Fsp3) is 0.562. The Bertz CT molecular complexity index is 461. The number of rotatable bonds is 5. The van der Waals surface area contributed by atoms with Crippen LogP contribution < -0.4 is 0 Å². The summed E-state index contributed by atoms with van der Waals surface area (Å²) in [4.78, 5) is 13.3. The molecule has 110 valence electrons. The largest absolute Gasteiger partial charge is 0.481 e. The zero-order chi connectivity index (χ0) is 14.5. The zero-order valence-electron chi connectivity index (χ0n) is 12.2. The number of carbonyl (C=O) groups is 1. The van der Waals surface area contributed by atoms with E-state index in [1.807, 2.05) is 24.3 Å². The van der Waals surface area contributed by atoms with Gasteiger partial charge in [0.15, 0.2) is 0 Å². The molecule has 20 heavy (non-hydrogen) atoms. The van der Waals surface area contributed by atoms with Crippen LogP contribution >= 0.6 is 0 Å². The summed E-state index contributed by atoms with van der Waals surface area (Å²) in [7, 11) is 1.77. The molecule has 0 radical (unpaired) electrons. The average molecular weight is 277 g/mol. The van der Waals surface area contributed by atoms with E-state index in [2.05, 4.69) is 11.8 Å². The van der Waals surface area contributed by atoms with Crippen molar-refractivity contribution in [2.75, 3.05) is 20.2 Å². The van der Waals surface area contributed by atoms with Gasteiger partial charge in [-0.3, -0.25) is 9.69 Å². The molecule has 0 spiro atoms. The van der Waals surface area contributed by atoms with Gasteiger partial charge in [-0.05, 0) is 30.0 Å². The SMILES string of the molecule is COC1CN(Cc2ccccc2CC(=O)O)CCC1C. The van der Waals surface area contributed by atoms with Crippen LogP contribution in [-0.2, 0) is 22.5 Å². The number of ether oxygens (including phenoxy) is 1. The second kappa shape index (κ2) is 6.86. The molecule has 1 saturated heterocycles. The maximum atomic E-state index is 10.9. The van der Waals surface area contributed by atoms with E-state index >= 15 is 0 Å². The van der Waals surface area contributed by atoms with Gasteiger partial charge in [0.1, 0.15) is 0 Å². The van der Waals surface area contributed by atoms with Crippen LogP contribution in [0.4, 0.5) is 0 Å². The summed E-state index contributed by atoms with van der Waals surface area (Å²) in [5, 5.41) is 8.98. The van der Waals surface area contributed by atoms with Crippen LogP contribution in [0, 0.1) is 5.92 Å². The zero-order valence-corrected chi connectivity index (χ0v) is 12.2.